The van der Waals surface area contributed by atoms with Crippen LogP contribution in [0, 0.1) is 0 Å². The van der Waals surface area contributed by atoms with E-state index in [-0.39, 0.29) is 36.0 Å². The lowest BCUT2D eigenvalue weighted by atomic mass is 10.1. The lowest BCUT2D eigenvalue weighted by Gasteiger charge is -2.27. The molecular weight excluding hydrogens is 418 g/mol. The fraction of sp³-hybridized carbons (Fsp3) is 0.364. The van der Waals surface area contributed by atoms with E-state index in [9.17, 15) is 18.0 Å². The van der Waals surface area contributed by atoms with Crippen molar-refractivity contribution in [3.05, 3.63) is 59.7 Å². The van der Waals surface area contributed by atoms with Gasteiger partial charge in [0.2, 0.25) is 15.9 Å². The molecule has 0 aromatic heterocycles. The van der Waals surface area contributed by atoms with Crippen molar-refractivity contribution in [1.29, 1.82) is 0 Å². The van der Waals surface area contributed by atoms with Gasteiger partial charge >= 0.3 is 0 Å². The molecule has 1 aliphatic rings. The van der Waals surface area contributed by atoms with E-state index in [0.29, 0.717) is 18.9 Å². The molecule has 2 aromatic rings. The number of morpholine rings is 1. The first-order valence-electron chi connectivity index (χ1n) is 10.1. The fourth-order valence-electron chi connectivity index (χ4n) is 3.43. The summed E-state index contributed by atoms with van der Waals surface area (Å²) < 4.78 is 32.7. The highest BCUT2D eigenvalue weighted by atomic mass is 32.2. The number of amides is 2. The minimum absolute atomic E-state index is 0.0400. The number of nitrogens with zero attached hydrogens (tertiary/aromatic N) is 2. The number of benzene rings is 2. The number of anilines is 1. The van der Waals surface area contributed by atoms with Gasteiger partial charge in [0.25, 0.3) is 5.91 Å². The van der Waals surface area contributed by atoms with Crippen molar-refractivity contribution in [2.75, 3.05) is 45.2 Å². The van der Waals surface area contributed by atoms with Crippen LogP contribution in [0.5, 0.6) is 0 Å². The van der Waals surface area contributed by atoms with E-state index < -0.39 is 15.9 Å². The maximum absolute atomic E-state index is 13.1. The molecule has 0 saturated carbocycles. The molecule has 2 amide bonds. The third kappa shape index (κ3) is 5.30. The average Bonchev–Trinajstić information content (AvgIpc) is 2.79. The first kappa shape index (κ1) is 22.9. The molecule has 1 N–H and O–H groups in total. The van der Waals surface area contributed by atoms with E-state index in [4.69, 9.17) is 4.74 Å². The molecule has 2 aromatic carbocycles. The number of hydrogen-bond donors (Lipinski definition) is 1. The molecule has 9 heteroatoms. The Morgan fingerprint density at radius 3 is 2.42 bits per heavy atom. The van der Waals surface area contributed by atoms with Gasteiger partial charge < -0.3 is 15.0 Å². The lowest BCUT2D eigenvalue weighted by Crippen LogP contribution is -2.42. The third-order valence-electron chi connectivity index (χ3n) is 5.11. The van der Waals surface area contributed by atoms with E-state index in [1.165, 1.54) is 28.4 Å². The van der Waals surface area contributed by atoms with Gasteiger partial charge in [0.1, 0.15) is 0 Å². The van der Waals surface area contributed by atoms with E-state index in [2.05, 4.69) is 5.32 Å². The van der Waals surface area contributed by atoms with Gasteiger partial charge in [-0.25, -0.2) is 8.42 Å². The van der Waals surface area contributed by atoms with Crippen molar-refractivity contribution in [3.8, 4) is 0 Å². The predicted molar refractivity (Wildman–Crippen MR) is 117 cm³/mol. The molecule has 0 radical (unpaired) electrons. The van der Waals surface area contributed by atoms with Crippen LogP contribution in [0.1, 0.15) is 22.8 Å². The molecule has 0 atom stereocenters. The Morgan fingerprint density at radius 2 is 1.71 bits per heavy atom. The van der Waals surface area contributed by atoms with Crippen LogP contribution in [0.2, 0.25) is 0 Å². The number of sulfonamides is 1. The van der Waals surface area contributed by atoms with Crippen LogP contribution < -0.4 is 5.32 Å². The van der Waals surface area contributed by atoms with Gasteiger partial charge in [0, 0.05) is 25.8 Å². The van der Waals surface area contributed by atoms with Gasteiger partial charge in [0.05, 0.1) is 30.2 Å². The average molecular weight is 446 g/mol. The quantitative estimate of drug-likeness (QED) is 0.703. The summed E-state index contributed by atoms with van der Waals surface area (Å²) in [5.41, 5.74) is 1.73. The van der Waals surface area contributed by atoms with Crippen LogP contribution >= 0.6 is 0 Å². The molecule has 0 bridgehead atoms. The smallest absolute Gasteiger partial charge is 0.255 e. The van der Waals surface area contributed by atoms with Crippen molar-refractivity contribution in [1.82, 2.24) is 9.21 Å². The molecule has 0 spiro atoms. The molecule has 1 saturated heterocycles. The standard InChI is InChI=1S/C22H27N3O5S/c1-3-17-8-4-6-10-19(17)23-21(26)16-24(2)22(27)18-9-5-7-11-20(18)31(28,29)25-12-14-30-15-13-25/h4-11H,3,12-16H2,1-2H3,(H,23,26). The molecule has 8 nitrogen and oxygen atoms in total. The maximum atomic E-state index is 13.1. The normalized spacial score (nSPS) is 14.8. The summed E-state index contributed by atoms with van der Waals surface area (Å²) in [5, 5.41) is 2.82. The Kier molecular flexibility index (Phi) is 7.42. The fourth-order valence-corrected chi connectivity index (χ4v) is 5.02. The van der Waals surface area contributed by atoms with Crippen LogP contribution in [0.3, 0.4) is 0 Å². The summed E-state index contributed by atoms with van der Waals surface area (Å²) in [6.45, 7) is 2.89. The van der Waals surface area contributed by atoms with Crippen molar-refractivity contribution >= 4 is 27.5 Å². The lowest BCUT2D eigenvalue weighted by molar-refractivity contribution is -0.116. The van der Waals surface area contributed by atoms with Gasteiger partial charge in [0.15, 0.2) is 0 Å². The molecule has 31 heavy (non-hydrogen) atoms. The monoisotopic (exact) mass is 445 g/mol. The molecular formula is C22H27N3O5S. The number of nitrogens with one attached hydrogen (secondary N) is 1. The Hall–Kier alpha value is -2.75. The van der Waals surface area contributed by atoms with Crippen LogP contribution in [0.4, 0.5) is 5.69 Å². The Balaban J connectivity index is 1.76. The summed E-state index contributed by atoms with van der Waals surface area (Å²) >= 11 is 0. The zero-order valence-corrected chi connectivity index (χ0v) is 18.5. The number of para-hydroxylation sites is 1. The van der Waals surface area contributed by atoms with Gasteiger partial charge in [-0.1, -0.05) is 37.3 Å². The summed E-state index contributed by atoms with van der Waals surface area (Å²) in [7, 11) is -2.37. The minimum atomic E-state index is -3.85. The minimum Gasteiger partial charge on any atom is -0.379 e. The van der Waals surface area contributed by atoms with E-state index >= 15 is 0 Å². The molecule has 0 aliphatic carbocycles. The number of likely N-dealkylation sites (N-methyl/N-ethyl adjacent to an activating group) is 1. The second-order valence-electron chi connectivity index (χ2n) is 7.23. The highest BCUT2D eigenvalue weighted by Crippen LogP contribution is 2.22. The van der Waals surface area contributed by atoms with Crippen LogP contribution in [-0.2, 0) is 26.0 Å². The van der Waals surface area contributed by atoms with Crippen molar-refractivity contribution in [3.63, 3.8) is 0 Å². The molecule has 166 valence electrons. The zero-order valence-electron chi connectivity index (χ0n) is 17.7. The SMILES string of the molecule is CCc1ccccc1NC(=O)CN(C)C(=O)c1ccccc1S(=O)(=O)N1CCOCC1. The second-order valence-corrected chi connectivity index (χ2v) is 9.14. The Morgan fingerprint density at radius 1 is 1.06 bits per heavy atom. The molecule has 1 heterocycles. The van der Waals surface area contributed by atoms with E-state index in [1.807, 2.05) is 31.2 Å². The van der Waals surface area contributed by atoms with Gasteiger partial charge in [-0.15, -0.1) is 0 Å². The second kappa shape index (κ2) is 10.0. The molecule has 1 aliphatic heterocycles. The van der Waals surface area contributed by atoms with Crippen LogP contribution in [0.25, 0.3) is 0 Å². The Labute approximate surface area is 182 Å². The highest BCUT2D eigenvalue weighted by molar-refractivity contribution is 7.89. The summed E-state index contributed by atoms with van der Waals surface area (Å²) in [6.07, 6.45) is 0.762. The molecule has 1 fully saturated rings. The van der Waals surface area contributed by atoms with Crippen molar-refractivity contribution in [2.24, 2.45) is 0 Å². The maximum Gasteiger partial charge on any atom is 0.255 e. The van der Waals surface area contributed by atoms with Crippen LogP contribution in [-0.4, -0.2) is 69.3 Å². The van der Waals surface area contributed by atoms with Crippen molar-refractivity contribution < 1.29 is 22.7 Å². The van der Waals surface area contributed by atoms with E-state index in [1.54, 1.807) is 12.1 Å². The Bertz CT molecular complexity index is 1050. The number of carbonyl (C=O) groups excluding carboxylic acids is 2. The van der Waals surface area contributed by atoms with Gasteiger partial charge in [-0.3, -0.25) is 9.59 Å². The van der Waals surface area contributed by atoms with Crippen molar-refractivity contribution in [2.45, 2.75) is 18.2 Å². The summed E-state index contributed by atoms with van der Waals surface area (Å²) in [5.74, 6) is -0.892. The summed E-state index contributed by atoms with van der Waals surface area (Å²) in [6, 6.07) is 13.5. The first-order chi connectivity index (χ1) is 14.8. The molecule has 3 rings (SSSR count). The first-order valence-corrected chi connectivity index (χ1v) is 11.6. The van der Waals surface area contributed by atoms with Gasteiger partial charge in [-0.05, 0) is 30.2 Å². The number of carbonyl (C=O) groups is 2. The predicted octanol–water partition coefficient (Wildman–Crippen LogP) is 1.98. The highest BCUT2D eigenvalue weighted by Gasteiger charge is 2.31. The summed E-state index contributed by atoms with van der Waals surface area (Å²) in [4.78, 5) is 26.7. The van der Waals surface area contributed by atoms with Gasteiger partial charge in [-0.2, -0.15) is 4.31 Å². The number of aryl methyl sites for hydroxylation is 1. The van der Waals surface area contributed by atoms with E-state index in [0.717, 1.165) is 12.0 Å². The largest absolute Gasteiger partial charge is 0.379 e. The molecule has 0 unspecified atom stereocenters. The number of ether oxygens (including phenoxy) is 1. The number of rotatable bonds is 7. The zero-order chi connectivity index (χ0) is 22.4. The number of hydrogen-bond acceptors (Lipinski definition) is 5. The van der Waals surface area contributed by atoms with Crippen LogP contribution in [0.15, 0.2) is 53.4 Å². The third-order valence-corrected chi connectivity index (χ3v) is 7.06. The topological polar surface area (TPSA) is 96.0 Å².